The minimum absolute atomic E-state index is 0.0141. The van der Waals surface area contributed by atoms with Crippen LogP contribution in [0.5, 0.6) is 0 Å². The van der Waals surface area contributed by atoms with E-state index in [-0.39, 0.29) is 24.1 Å². The van der Waals surface area contributed by atoms with Crippen LogP contribution >= 0.6 is 0 Å². The highest BCUT2D eigenvalue weighted by Crippen LogP contribution is 2.21. The first-order valence-electron chi connectivity index (χ1n) is 9.41. The average molecular weight is 374 g/mol. The normalized spacial score (nSPS) is 12.3. The summed E-state index contributed by atoms with van der Waals surface area (Å²) >= 11 is 0. The number of amides is 1. The van der Waals surface area contributed by atoms with Crippen molar-refractivity contribution in [3.8, 4) is 0 Å². The van der Waals surface area contributed by atoms with Gasteiger partial charge in [0, 0.05) is 22.3 Å². The highest BCUT2D eigenvalue weighted by atomic mass is 16.2. The molecule has 1 amide bonds. The third-order valence-corrected chi connectivity index (χ3v) is 4.93. The Labute approximate surface area is 162 Å². The largest absolute Gasteiger partial charge is 0.352 e. The van der Waals surface area contributed by atoms with Crippen molar-refractivity contribution in [1.29, 1.82) is 0 Å². The third-order valence-electron chi connectivity index (χ3n) is 4.93. The Morgan fingerprint density at radius 2 is 1.86 bits per heavy atom. The molecule has 142 valence electrons. The van der Waals surface area contributed by atoms with Gasteiger partial charge in [-0.1, -0.05) is 48.5 Å². The Kier molecular flexibility index (Phi) is 4.93. The van der Waals surface area contributed by atoms with Crippen molar-refractivity contribution in [3.05, 3.63) is 76.7 Å². The molecule has 4 aromatic rings. The van der Waals surface area contributed by atoms with Crippen LogP contribution in [0.2, 0.25) is 0 Å². The number of hydrogen-bond donors (Lipinski definition) is 2. The van der Waals surface area contributed by atoms with Gasteiger partial charge in [-0.05, 0) is 31.4 Å². The van der Waals surface area contributed by atoms with Crippen molar-refractivity contribution in [2.24, 2.45) is 0 Å². The van der Waals surface area contributed by atoms with Crippen LogP contribution in [-0.2, 0) is 17.8 Å². The van der Waals surface area contributed by atoms with Crippen molar-refractivity contribution in [2.75, 3.05) is 0 Å². The molecular formula is C22H22N4O2. The molecule has 0 saturated carbocycles. The molecular weight excluding hydrogens is 352 g/mol. The number of nitrogens with one attached hydrogen (secondary N) is 2. The first-order valence-corrected chi connectivity index (χ1v) is 9.41. The van der Waals surface area contributed by atoms with E-state index in [4.69, 9.17) is 0 Å². The number of aromatic nitrogens is 3. The number of carbonyl (C=O) groups is 1. The molecule has 2 aromatic carbocycles. The quantitative estimate of drug-likeness (QED) is 0.544. The first kappa shape index (κ1) is 18.0. The molecule has 2 N–H and O–H groups in total. The average Bonchev–Trinajstić information content (AvgIpc) is 3.09. The minimum atomic E-state index is -0.291. The second-order valence-electron chi connectivity index (χ2n) is 7.06. The monoisotopic (exact) mass is 374 g/mol. The second-order valence-corrected chi connectivity index (χ2v) is 7.06. The fourth-order valence-electron chi connectivity index (χ4n) is 3.44. The Hall–Kier alpha value is -3.41. The van der Waals surface area contributed by atoms with Crippen molar-refractivity contribution in [1.82, 2.24) is 20.1 Å². The van der Waals surface area contributed by atoms with Gasteiger partial charge in [0.1, 0.15) is 12.1 Å². The molecule has 6 nitrogen and oxygen atoms in total. The van der Waals surface area contributed by atoms with Crippen molar-refractivity contribution in [3.63, 3.8) is 0 Å². The minimum Gasteiger partial charge on any atom is -0.352 e. The lowest BCUT2D eigenvalue weighted by Crippen LogP contribution is -2.38. The van der Waals surface area contributed by atoms with Gasteiger partial charge in [-0.25, -0.2) is 4.68 Å². The Balaban J connectivity index is 1.44. The van der Waals surface area contributed by atoms with Crippen LogP contribution < -0.4 is 10.9 Å². The maximum absolute atomic E-state index is 12.7. The summed E-state index contributed by atoms with van der Waals surface area (Å²) in [6, 6.07) is 17.9. The Morgan fingerprint density at radius 3 is 2.68 bits per heavy atom. The molecule has 4 rings (SSSR count). The van der Waals surface area contributed by atoms with E-state index >= 15 is 0 Å². The number of rotatable bonds is 6. The van der Waals surface area contributed by atoms with E-state index in [1.54, 1.807) is 6.20 Å². The number of hydrogen-bond acceptors (Lipinski definition) is 3. The number of aromatic amines is 1. The van der Waals surface area contributed by atoms with Gasteiger partial charge in [0.25, 0.3) is 5.56 Å². The first-order chi connectivity index (χ1) is 13.6. The van der Waals surface area contributed by atoms with Gasteiger partial charge in [0.2, 0.25) is 5.91 Å². The lowest BCUT2D eigenvalue weighted by molar-refractivity contribution is -0.122. The van der Waals surface area contributed by atoms with Gasteiger partial charge < -0.3 is 10.3 Å². The fourth-order valence-corrected chi connectivity index (χ4v) is 3.44. The number of carbonyl (C=O) groups excluding carboxylic acids is 1. The third kappa shape index (κ3) is 3.67. The summed E-state index contributed by atoms with van der Waals surface area (Å²) in [5, 5.41) is 8.87. The van der Waals surface area contributed by atoms with E-state index in [0.29, 0.717) is 5.52 Å². The molecule has 0 aliphatic rings. The van der Waals surface area contributed by atoms with E-state index in [1.165, 1.54) is 10.2 Å². The zero-order chi connectivity index (χ0) is 19.5. The number of nitrogens with zero attached hydrogens (tertiary/aromatic N) is 2. The molecule has 0 unspecified atom stereocenters. The molecule has 2 aromatic heterocycles. The molecule has 0 bridgehead atoms. The van der Waals surface area contributed by atoms with Crippen LogP contribution in [0, 0.1) is 0 Å². The summed E-state index contributed by atoms with van der Waals surface area (Å²) in [6.45, 7) is 1.87. The summed E-state index contributed by atoms with van der Waals surface area (Å²) in [5.41, 5.74) is 2.31. The van der Waals surface area contributed by atoms with Gasteiger partial charge in [-0.3, -0.25) is 9.59 Å². The molecule has 0 spiro atoms. The predicted octanol–water partition coefficient (Wildman–Crippen LogP) is 3.02. The van der Waals surface area contributed by atoms with Crippen LogP contribution in [0.3, 0.4) is 0 Å². The topological polar surface area (TPSA) is 79.8 Å². The lowest BCUT2D eigenvalue weighted by atomic mass is 10.1. The highest BCUT2D eigenvalue weighted by Gasteiger charge is 2.13. The van der Waals surface area contributed by atoms with E-state index in [1.807, 2.05) is 49.4 Å². The van der Waals surface area contributed by atoms with Crippen LogP contribution in [0.25, 0.3) is 21.8 Å². The summed E-state index contributed by atoms with van der Waals surface area (Å²) in [5.74, 6) is -0.217. The lowest BCUT2D eigenvalue weighted by Gasteiger charge is -2.14. The SMILES string of the molecule is C[C@H](CCc1ccccc1)NC(=O)Cn1ncc2c([nH]c3ccccc32)c1=O. The summed E-state index contributed by atoms with van der Waals surface area (Å²) < 4.78 is 1.21. The smallest absolute Gasteiger partial charge is 0.291 e. The van der Waals surface area contributed by atoms with Crippen molar-refractivity contribution >= 4 is 27.7 Å². The summed E-state index contributed by atoms with van der Waals surface area (Å²) in [4.78, 5) is 28.2. The van der Waals surface area contributed by atoms with E-state index < -0.39 is 0 Å². The Morgan fingerprint density at radius 1 is 1.11 bits per heavy atom. The predicted molar refractivity (Wildman–Crippen MR) is 110 cm³/mol. The standard InChI is InChI=1S/C22H22N4O2/c1-15(11-12-16-7-3-2-4-8-16)24-20(27)14-26-22(28)21-18(13-23-26)17-9-5-6-10-19(17)25-21/h2-10,13,15,25H,11-12,14H2,1H3,(H,24,27)/t15-/m1/s1. The van der Waals surface area contributed by atoms with Gasteiger partial charge in [0.15, 0.2) is 0 Å². The zero-order valence-corrected chi connectivity index (χ0v) is 15.7. The second kappa shape index (κ2) is 7.68. The number of H-pyrrole nitrogens is 1. The molecule has 0 radical (unpaired) electrons. The molecule has 0 aliphatic carbocycles. The van der Waals surface area contributed by atoms with E-state index in [9.17, 15) is 9.59 Å². The molecule has 2 heterocycles. The number of fused-ring (bicyclic) bond motifs is 3. The van der Waals surface area contributed by atoms with Crippen LogP contribution in [0.1, 0.15) is 18.9 Å². The maximum Gasteiger partial charge on any atom is 0.291 e. The van der Waals surface area contributed by atoms with Gasteiger partial charge in [0.05, 0.1) is 6.20 Å². The summed E-state index contributed by atoms with van der Waals surface area (Å²) in [6.07, 6.45) is 3.36. The van der Waals surface area contributed by atoms with E-state index in [2.05, 4.69) is 27.5 Å². The molecule has 1 atom stereocenters. The maximum atomic E-state index is 12.7. The summed E-state index contributed by atoms with van der Waals surface area (Å²) in [7, 11) is 0. The number of aryl methyl sites for hydroxylation is 1. The van der Waals surface area contributed by atoms with Crippen molar-refractivity contribution in [2.45, 2.75) is 32.4 Å². The number of para-hydroxylation sites is 1. The Bertz CT molecular complexity index is 1180. The highest BCUT2D eigenvalue weighted by molar-refractivity contribution is 6.06. The molecule has 6 heteroatoms. The van der Waals surface area contributed by atoms with Crippen LogP contribution in [-0.4, -0.2) is 26.7 Å². The molecule has 0 aliphatic heterocycles. The fraction of sp³-hybridized carbons (Fsp3) is 0.227. The van der Waals surface area contributed by atoms with Crippen molar-refractivity contribution < 1.29 is 4.79 Å². The molecule has 0 saturated heterocycles. The van der Waals surface area contributed by atoms with E-state index in [0.717, 1.165) is 29.1 Å². The van der Waals surface area contributed by atoms with Gasteiger partial charge >= 0.3 is 0 Å². The van der Waals surface area contributed by atoms with Gasteiger partial charge in [-0.15, -0.1) is 0 Å². The number of benzene rings is 2. The zero-order valence-electron chi connectivity index (χ0n) is 15.7. The molecule has 0 fully saturated rings. The van der Waals surface area contributed by atoms with Crippen LogP contribution in [0.4, 0.5) is 0 Å². The van der Waals surface area contributed by atoms with Gasteiger partial charge in [-0.2, -0.15) is 5.10 Å². The molecule has 28 heavy (non-hydrogen) atoms. The van der Waals surface area contributed by atoms with Crippen LogP contribution in [0.15, 0.2) is 65.6 Å².